The van der Waals surface area contributed by atoms with Gasteiger partial charge in [-0.1, -0.05) is 24.3 Å². The number of aryl methyl sites for hydroxylation is 1. The highest BCUT2D eigenvalue weighted by atomic mass is 16.5. The van der Waals surface area contributed by atoms with Crippen LogP contribution in [0.4, 0.5) is 0 Å². The lowest BCUT2D eigenvalue weighted by Gasteiger charge is -2.29. The molecule has 0 fully saturated rings. The Kier molecular flexibility index (Phi) is 4.34. The predicted molar refractivity (Wildman–Crippen MR) is 85.4 cm³/mol. The van der Waals surface area contributed by atoms with Crippen molar-refractivity contribution in [1.82, 2.24) is 14.7 Å². The molecule has 0 spiro atoms. The van der Waals surface area contributed by atoms with E-state index in [1.807, 2.05) is 12.1 Å². The first-order valence-electron chi connectivity index (χ1n) is 7.60. The highest BCUT2D eigenvalue weighted by Gasteiger charge is 2.25. The van der Waals surface area contributed by atoms with E-state index in [0.29, 0.717) is 24.6 Å². The van der Waals surface area contributed by atoms with E-state index in [1.165, 1.54) is 18.2 Å². The van der Waals surface area contributed by atoms with E-state index in [1.54, 1.807) is 29.9 Å². The Morgan fingerprint density at radius 1 is 1.43 bits per heavy atom. The molecule has 0 bridgehead atoms. The van der Waals surface area contributed by atoms with Crippen LogP contribution in [0, 0.1) is 0 Å². The fraction of sp³-hybridized carbons (Fsp3) is 0.412. The van der Waals surface area contributed by atoms with Crippen LogP contribution >= 0.6 is 0 Å². The average molecular weight is 315 g/mol. The number of carbonyl (C=O) groups excluding carboxylic acids is 1. The van der Waals surface area contributed by atoms with Crippen LogP contribution in [0.1, 0.15) is 21.5 Å². The molecule has 2 heterocycles. The maximum Gasteiger partial charge on any atom is 0.260 e. The van der Waals surface area contributed by atoms with Crippen LogP contribution in [-0.4, -0.2) is 47.4 Å². The van der Waals surface area contributed by atoms with Crippen molar-refractivity contribution < 1.29 is 14.3 Å². The van der Waals surface area contributed by atoms with Crippen LogP contribution < -0.4 is 4.74 Å². The van der Waals surface area contributed by atoms with Crippen molar-refractivity contribution in [1.29, 1.82) is 0 Å². The summed E-state index contributed by atoms with van der Waals surface area (Å²) in [6.45, 7) is 1.13. The van der Waals surface area contributed by atoms with E-state index in [0.717, 1.165) is 6.42 Å². The van der Waals surface area contributed by atoms with Gasteiger partial charge in [-0.3, -0.25) is 9.48 Å². The summed E-state index contributed by atoms with van der Waals surface area (Å²) in [7, 11) is 5.05. The van der Waals surface area contributed by atoms with Gasteiger partial charge >= 0.3 is 0 Å². The Bertz CT molecular complexity index is 711. The number of aromatic nitrogens is 2. The summed E-state index contributed by atoms with van der Waals surface area (Å²) in [6.07, 6.45) is 2.49. The van der Waals surface area contributed by atoms with Crippen LogP contribution in [0.2, 0.25) is 0 Å². The predicted octanol–water partition coefficient (Wildman–Crippen LogP) is 1.64. The van der Waals surface area contributed by atoms with Crippen molar-refractivity contribution in [3.05, 3.63) is 47.2 Å². The fourth-order valence-electron chi connectivity index (χ4n) is 2.89. The van der Waals surface area contributed by atoms with Crippen molar-refractivity contribution in [3.8, 4) is 5.88 Å². The molecule has 1 aromatic heterocycles. The Morgan fingerprint density at radius 3 is 2.91 bits per heavy atom. The zero-order valence-electron chi connectivity index (χ0n) is 13.7. The lowest BCUT2D eigenvalue weighted by Crippen LogP contribution is -2.38. The maximum absolute atomic E-state index is 12.6. The third-order valence-corrected chi connectivity index (χ3v) is 4.08. The standard InChI is InChI=1S/C17H21N3O3/c1-19(17(21)15-10-20(2)18-16(15)22-3)9-14-8-12-6-4-5-7-13(12)11-23-14/h4-7,10,14H,8-9,11H2,1-3H3/t14-/m0/s1. The van der Waals surface area contributed by atoms with Gasteiger partial charge in [-0.05, 0) is 11.1 Å². The highest BCUT2D eigenvalue weighted by molar-refractivity contribution is 5.96. The second-order valence-electron chi connectivity index (χ2n) is 5.82. The van der Waals surface area contributed by atoms with Gasteiger partial charge < -0.3 is 14.4 Å². The SMILES string of the molecule is COc1nn(C)cc1C(=O)N(C)C[C@@H]1Cc2ccccc2CO1. The van der Waals surface area contributed by atoms with Gasteiger partial charge in [0.15, 0.2) is 0 Å². The Labute approximate surface area is 135 Å². The van der Waals surface area contributed by atoms with Gasteiger partial charge in [0.25, 0.3) is 5.91 Å². The molecule has 6 heteroatoms. The minimum atomic E-state index is -0.114. The van der Waals surface area contributed by atoms with Gasteiger partial charge in [-0.25, -0.2) is 0 Å². The Balaban J connectivity index is 1.67. The number of rotatable bonds is 4. The zero-order chi connectivity index (χ0) is 16.4. The molecular weight excluding hydrogens is 294 g/mol. The number of hydrogen-bond acceptors (Lipinski definition) is 4. The third kappa shape index (κ3) is 3.22. The molecular formula is C17H21N3O3. The van der Waals surface area contributed by atoms with E-state index in [4.69, 9.17) is 9.47 Å². The number of methoxy groups -OCH3 is 1. The first-order valence-corrected chi connectivity index (χ1v) is 7.60. The minimum absolute atomic E-state index is 0.00140. The second kappa shape index (κ2) is 6.42. The van der Waals surface area contributed by atoms with E-state index < -0.39 is 0 Å². The first-order chi connectivity index (χ1) is 11.1. The molecule has 0 unspecified atom stereocenters. The maximum atomic E-state index is 12.6. The molecule has 2 aromatic rings. The monoisotopic (exact) mass is 315 g/mol. The molecule has 23 heavy (non-hydrogen) atoms. The summed E-state index contributed by atoms with van der Waals surface area (Å²) in [5.41, 5.74) is 2.99. The Hall–Kier alpha value is -2.34. The smallest absolute Gasteiger partial charge is 0.260 e. The van der Waals surface area contributed by atoms with Crippen LogP contribution in [0.15, 0.2) is 30.5 Å². The van der Waals surface area contributed by atoms with Crippen molar-refractivity contribution in [2.75, 3.05) is 20.7 Å². The average Bonchev–Trinajstić information content (AvgIpc) is 2.95. The highest BCUT2D eigenvalue weighted by Crippen LogP contribution is 2.22. The number of nitrogens with zero attached hydrogens (tertiary/aromatic N) is 3. The summed E-state index contributed by atoms with van der Waals surface area (Å²) in [6, 6.07) is 8.27. The number of likely N-dealkylation sites (N-methyl/N-ethyl adjacent to an activating group) is 1. The molecule has 122 valence electrons. The molecule has 1 atom stereocenters. The molecule has 1 amide bonds. The van der Waals surface area contributed by atoms with Crippen LogP contribution in [0.25, 0.3) is 0 Å². The van der Waals surface area contributed by atoms with Gasteiger partial charge in [-0.2, -0.15) is 0 Å². The summed E-state index contributed by atoms with van der Waals surface area (Å²) < 4.78 is 12.6. The third-order valence-electron chi connectivity index (χ3n) is 4.08. The molecule has 1 aliphatic rings. The molecule has 0 saturated carbocycles. The topological polar surface area (TPSA) is 56.6 Å². The Morgan fingerprint density at radius 2 is 2.17 bits per heavy atom. The van der Waals surface area contributed by atoms with Gasteiger partial charge in [0.05, 0.1) is 19.8 Å². The largest absolute Gasteiger partial charge is 0.479 e. The van der Waals surface area contributed by atoms with Gasteiger partial charge in [-0.15, -0.1) is 5.10 Å². The zero-order valence-corrected chi connectivity index (χ0v) is 13.7. The molecule has 3 rings (SSSR count). The summed E-state index contributed by atoms with van der Waals surface area (Å²) in [4.78, 5) is 14.3. The van der Waals surface area contributed by atoms with Crippen molar-refractivity contribution in [3.63, 3.8) is 0 Å². The first kappa shape index (κ1) is 15.6. The van der Waals surface area contributed by atoms with Crippen molar-refractivity contribution >= 4 is 5.91 Å². The van der Waals surface area contributed by atoms with E-state index in [9.17, 15) is 4.79 Å². The summed E-state index contributed by atoms with van der Waals surface area (Å²) in [5, 5.41) is 4.12. The molecule has 1 aliphatic heterocycles. The number of amides is 1. The quantitative estimate of drug-likeness (QED) is 0.861. The van der Waals surface area contributed by atoms with E-state index >= 15 is 0 Å². The van der Waals surface area contributed by atoms with Crippen LogP contribution in [0.3, 0.4) is 0 Å². The second-order valence-corrected chi connectivity index (χ2v) is 5.82. The molecule has 0 radical (unpaired) electrons. The van der Waals surface area contributed by atoms with Gasteiger partial charge in [0.2, 0.25) is 5.88 Å². The minimum Gasteiger partial charge on any atom is -0.479 e. The van der Waals surface area contributed by atoms with Gasteiger partial charge in [0, 0.05) is 33.3 Å². The molecule has 0 saturated heterocycles. The number of ether oxygens (including phenoxy) is 2. The molecule has 0 N–H and O–H groups in total. The number of carbonyl (C=O) groups is 1. The van der Waals surface area contributed by atoms with Gasteiger partial charge in [0.1, 0.15) is 5.56 Å². The molecule has 1 aromatic carbocycles. The van der Waals surface area contributed by atoms with E-state index in [2.05, 4.69) is 17.2 Å². The van der Waals surface area contributed by atoms with Crippen molar-refractivity contribution in [2.45, 2.75) is 19.1 Å². The fourth-order valence-corrected chi connectivity index (χ4v) is 2.89. The number of hydrogen-bond donors (Lipinski definition) is 0. The van der Waals surface area contributed by atoms with E-state index in [-0.39, 0.29) is 12.0 Å². The molecule has 6 nitrogen and oxygen atoms in total. The normalized spacial score (nSPS) is 16.7. The number of fused-ring (bicyclic) bond motifs is 1. The lowest BCUT2D eigenvalue weighted by atomic mass is 9.99. The molecule has 0 aliphatic carbocycles. The lowest BCUT2D eigenvalue weighted by molar-refractivity contribution is 0.00978. The van der Waals surface area contributed by atoms with Crippen molar-refractivity contribution in [2.24, 2.45) is 7.05 Å². The van der Waals surface area contributed by atoms with Crippen LogP contribution in [-0.2, 0) is 24.8 Å². The number of benzene rings is 1. The summed E-state index contributed by atoms with van der Waals surface area (Å²) >= 11 is 0. The summed E-state index contributed by atoms with van der Waals surface area (Å²) in [5.74, 6) is 0.233. The van der Waals surface area contributed by atoms with Crippen LogP contribution in [0.5, 0.6) is 5.88 Å².